The van der Waals surface area contributed by atoms with Crippen LogP contribution in [0.1, 0.15) is 40.9 Å². The Balaban J connectivity index is 1.11. The molecule has 2 aromatic heterocycles. The van der Waals surface area contributed by atoms with Crippen LogP contribution in [0.2, 0.25) is 0 Å². The fourth-order valence-electron chi connectivity index (χ4n) is 7.06. The standard InChI is InChI=1S/C39H45N9O5/c1-2-40-37(50)31-24-53-39(52,34(31)49)48-25-44-33-35(42-21-30(27-12-5-3-6-13-27)28-14-7-4-8-15-28)45-32(46-36(33)48)22-43-38(51)41-18-20-47-19-17-26-11-9-10-16-29(26)23-47/h3-16,25,30-31,34,49,52H,2,17-24H2,1H3,(H,40,50)(H2,41,43,51)(H,42,45,46)/t31-,34+,39+/m0/s1. The fourth-order valence-corrected chi connectivity index (χ4v) is 7.06. The normalized spacial score (nSPS) is 19.9. The maximum atomic E-state index is 12.9. The molecule has 276 valence electrons. The van der Waals surface area contributed by atoms with Crippen molar-refractivity contribution in [1.82, 2.24) is 40.4 Å². The molecule has 5 aromatic rings. The van der Waals surface area contributed by atoms with E-state index in [1.807, 2.05) is 36.4 Å². The van der Waals surface area contributed by atoms with Gasteiger partial charge in [-0.1, -0.05) is 84.9 Å². The van der Waals surface area contributed by atoms with Crippen LogP contribution in [0.4, 0.5) is 10.6 Å². The number of hydrogen-bond donors (Lipinski definition) is 6. The highest BCUT2D eigenvalue weighted by Crippen LogP contribution is 2.36. The molecule has 0 radical (unpaired) electrons. The van der Waals surface area contributed by atoms with Gasteiger partial charge in [-0.2, -0.15) is 0 Å². The maximum absolute atomic E-state index is 12.9. The van der Waals surface area contributed by atoms with Crippen LogP contribution in [0, 0.1) is 5.92 Å². The topological polar surface area (TPSA) is 179 Å². The van der Waals surface area contributed by atoms with Gasteiger partial charge >= 0.3 is 6.03 Å². The van der Waals surface area contributed by atoms with Gasteiger partial charge < -0.3 is 36.2 Å². The molecule has 14 nitrogen and oxygen atoms in total. The molecule has 3 aromatic carbocycles. The number of nitrogens with one attached hydrogen (secondary N) is 4. The number of ether oxygens (including phenoxy) is 1. The number of amides is 3. The summed E-state index contributed by atoms with van der Waals surface area (Å²) in [6.45, 7) is 5.26. The monoisotopic (exact) mass is 719 g/mol. The molecule has 1 fully saturated rings. The quantitative estimate of drug-likeness (QED) is 0.106. The van der Waals surface area contributed by atoms with Crippen molar-refractivity contribution in [2.75, 3.05) is 44.6 Å². The van der Waals surface area contributed by atoms with Crippen LogP contribution in [0.15, 0.2) is 91.3 Å². The fraction of sp³-hybridized carbons (Fsp3) is 0.359. The average Bonchev–Trinajstić information content (AvgIpc) is 3.76. The Morgan fingerprint density at radius 2 is 1.64 bits per heavy atom. The summed E-state index contributed by atoms with van der Waals surface area (Å²) in [4.78, 5) is 41.9. The Morgan fingerprint density at radius 1 is 0.943 bits per heavy atom. The van der Waals surface area contributed by atoms with Crippen molar-refractivity contribution in [1.29, 1.82) is 0 Å². The first kappa shape index (κ1) is 36.0. The van der Waals surface area contributed by atoms with Crippen LogP contribution < -0.4 is 21.3 Å². The second-order valence-corrected chi connectivity index (χ2v) is 13.3. The third-order valence-corrected chi connectivity index (χ3v) is 9.92. The molecule has 0 aliphatic carbocycles. The van der Waals surface area contributed by atoms with Crippen LogP contribution in [0.25, 0.3) is 11.2 Å². The van der Waals surface area contributed by atoms with Gasteiger partial charge in [-0.15, -0.1) is 0 Å². The molecule has 7 rings (SSSR count). The number of carbonyl (C=O) groups is 2. The zero-order valence-corrected chi connectivity index (χ0v) is 29.6. The van der Waals surface area contributed by atoms with E-state index in [9.17, 15) is 19.8 Å². The van der Waals surface area contributed by atoms with E-state index in [0.29, 0.717) is 37.5 Å². The number of hydrogen-bond acceptors (Lipinski definition) is 10. The van der Waals surface area contributed by atoms with E-state index < -0.39 is 23.8 Å². The average molecular weight is 720 g/mol. The van der Waals surface area contributed by atoms with E-state index in [-0.39, 0.29) is 36.6 Å². The van der Waals surface area contributed by atoms with Crippen LogP contribution >= 0.6 is 0 Å². The van der Waals surface area contributed by atoms with E-state index in [1.165, 1.54) is 22.0 Å². The zero-order valence-electron chi connectivity index (χ0n) is 29.6. The molecule has 6 N–H and O–H groups in total. The van der Waals surface area contributed by atoms with Gasteiger partial charge in [-0.25, -0.2) is 19.7 Å². The van der Waals surface area contributed by atoms with Crippen molar-refractivity contribution >= 4 is 28.9 Å². The molecule has 0 spiro atoms. The molecule has 1 saturated heterocycles. The van der Waals surface area contributed by atoms with Crippen molar-refractivity contribution in [3.63, 3.8) is 0 Å². The maximum Gasteiger partial charge on any atom is 0.315 e. The Morgan fingerprint density at radius 3 is 2.36 bits per heavy atom. The number of imidazole rings is 1. The molecule has 53 heavy (non-hydrogen) atoms. The van der Waals surface area contributed by atoms with Crippen LogP contribution in [0.3, 0.4) is 0 Å². The van der Waals surface area contributed by atoms with Crippen molar-refractivity contribution in [3.8, 4) is 0 Å². The highest BCUT2D eigenvalue weighted by atomic mass is 16.7. The van der Waals surface area contributed by atoms with Crippen molar-refractivity contribution in [3.05, 3.63) is 119 Å². The van der Waals surface area contributed by atoms with Crippen LogP contribution in [0.5, 0.6) is 0 Å². The summed E-state index contributed by atoms with van der Waals surface area (Å²) in [5, 5.41) is 34.8. The third kappa shape index (κ3) is 7.86. The number of nitrogens with zero attached hydrogens (tertiary/aromatic N) is 5. The number of benzene rings is 3. The van der Waals surface area contributed by atoms with E-state index >= 15 is 0 Å². The van der Waals surface area contributed by atoms with E-state index in [2.05, 4.69) is 84.7 Å². The predicted molar refractivity (Wildman–Crippen MR) is 199 cm³/mol. The summed E-state index contributed by atoms with van der Waals surface area (Å²) in [5.41, 5.74) is 5.36. The molecule has 0 unspecified atom stereocenters. The summed E-state index contributed by atoms with van der Waals surface area (Å²) < 4.78 is 6.91. The van der Waals surface area contributed by atoms with Crippen molar-refractivity contribution in [2.24, 2.45) is 5.92 Å². The van der Waals surface area contributed by atoms with Crippen LogP contribution in [-0.2, 0) is 35.0 Å². The second kappa shape index (κ2) is 16.1. The Kier molecular flexibility index (Phi) is 10.9. The largest absolute Gasteiger partial charge is 0.384 e. The van der Waals surface area contributed by atoms with E-state index in [4.69, 9.17) is 9.72 Å². The Labute approximate surface area is 307 Å². The first-order chi connectivity index (χ1) is 25.8. The molecule has 14 heteroatoms. The van der Waals surface area contributed by atoms with Gasteiger partial charge in [0.15, 0.2) is 22.8 Å². The lowest BCUT2D eigenvalue weighted by Crippen LogP contribution is -2.47. The number of fused-ring (bicyclic) bond motifs is 2. The predicted octanol–water partition coefficient (Wildman–Crippen LogP) is 2.67. The molecule has 3 atom stereocenters. The Bertz CT molecular complexity index is 1990. The number of urea groups is 1. The first-order valence-electron chi connectivity index (χ1n) is 18.0. The summed E-state index contributed by atoms with van der Waals surface area (Å²) in [7, 11) is 0. The molecule has 2 aliphatic heterocycles. The molecule has 3 amide bonds. The second-order valence-electron chi connectivity index (χ2n) is 13.3. The number of anilines is 1. The molecular weight excluding hydrogens is 674 g/mol. The summed E-state index contributed by atoms with van der Waals surface area (Å²) in [6, 6.07) is 28.3. The summed E-state index contributed by atoms with van der Waals surface area (Å²) in [6.07, 6.45) is 0.679. The van der Waals surface area contributed by atoms with E-state index in [1.54, 1.807) is 6.92 Å². The van der Waals surface area contributed by atoms with Gasteiger partial charge in [0.25, 0.3) is 5.91 Å². The highest BCUT2D eigenvalue weighted by Gasteiger charge is 2.53. The van der Waals surface area contributed by atoms with Gasteiger partial charge in [0.1, 0.15) is 12.4 Å². The summed E-state index contributed by atoms with van der Waals surface area (Å²) in [5.74, 6) is -3.23. The summed E-state index contributed by atoms with van der Waals surface area (Å²) >= 11 is 0. The highest BCUT2D eigenvalue weighted by molar-refractivity contribution is 5.84. The van der Waals surface area contributed by atoms with Gasteiger partial charge in [0.05, 0.1) is 19.1 Å². The lowest BCUT2D eigenvalue weighted by Gasteiger charge is -2.28. The molecule has 2 aliphatic rings. The lowest BCUT2D eigenvalue weighted by molar-refractivity contribution is -0.273. The lowest BCUT2D eigenvalue weighted by atomic mass is 9.91. The minimum absolute atomic E-state index is 0.0388. The molecule has 4 heterocycles. The van der Waals surface area contributed by atoms with Gasteiger partial charge in [0.2, 0.25) is 5.91 Å². The molecule has 0 bridgehead atoms. The minimum Gasteiger partial charge on any atom is -0.384 e. The van der Waals surface area contributed by atoms with Crippen molar-refractivity contribution in [2.45, 2.75) is 44.4 Å². The third-order valence-electron chi connectivity index (χ3n) is 9.92. The SMILES string of the molecule is CCNC(=O)[C@H]1CO[C@@](O)(n2cnc3c(NCC(c4ccccc4)c4ccccc4)nc(CNC(=O)NCCN4CCc5ccccc5C4)nc32)[C@@H]1O. The first-order valence-corrected chi connectivity index (χ1v) is 18.0. The Hall–Kier alpha value is -5.41. The van der Waals surface area contributed by atoms with Gasteiger partial charge in [0, 0.05) is 45.2 Å². The van der Waals surface area contributed by atoms with Crippen LogP contribution in [-0.4, -0.2) is 92.0 Å². The number of aromatic nitrogens is 4. The molecular formula is C39H45N9O5. The minimum atomic E-state index is -2.33. The smallest absolute Gasteiger partial charge is 0.315 e. The number of aliphatic hydroxyl groups excluding tert-OH is 1. The number of aliphatic hydroxyl groups is 2. The van der Waals surface area contributed by atoms with Crippen molar-refractivity contribution < 1.29 is 24.5 Å². The molecule has 0 saturated carbocycles. The number of rotatable bonds is 13. The van der Waals surface area contributed by atoms with Gasteiger partial charge in [-0.05, 0) is 35.6 Å². The van der Waals surface area contributed by atoms with E-state index in [0.717, 1.165) is 30.6 Å². The number of carbonyl (C=O) groups excluding carboxylic acids is 2. The van der Waals surface area contributed by atoms with Gasteiger partial charge in [-0.3, -0.25) is 14.3 Å². The zero-order chi connectivity index (χ0) is 36.8.